The van der Waals surface area contributed by atoms with Crippen molar-refractivity contribution in [2.45, 2.75) is 174 Å². The number of nitrogens with zero attached hydrogens (tertiary/aromatic N) is 1. The largest absolute Gasteiger partial charge is 0.493 e. The fourth-order valence-electron chi connectivity index (χ4n) is 5.84. The average Bonchev–Trinajstić information content (AvgIpc) is 3.12. The number of carbonyl (C=O) groups is 2. The van der Waals surface area contributed by atoms with Crippen molar-refractivity contribution in [3.05, 3.63) is 48.1 Å². The Morgan fingerprint density at radius 2 is 0.885 bits per heavy atom. The van der Waals surface area contributed by atoms with Crippen LogP contribution in [0.5, 0.6) is 11.5 Å². The van der Waals surface area contributed by atoms with Gasteiger partial charge < -0.3 is 23.8 Å². The van der Waals surface area contributed by atoms with Gasteiger partial charge in [0.15, 0.2) is 0 Å². The normalized spacial score (nSPS) is 11.6. The number of hydrogen-bond acceptors (Lipinski definition) is 7. The fraction of sp³-hybridized carbons (Fsp3) is 0.733. The molecule has 0 bridgehead atoms. The summed E-state index contributed by atoms with van der Waals surface area (Å²) in [6.45, 7) is 7.56. The molecule has 0 aromatic heterocycles. The van der Waals surface area contributed by atoms with Crippen LogP contribution in [0.1, 0.15) is 174 Å². The highest BCUT2D eigenvalue weighted by Gasteiger charge is 2.07. The summed E-state index contributed by atoms with van der Waals surface area (Å²) in [6.07, 6.45) is 33.9. The third kappa shape index (κ3) is 30.8. The first-order valence-electron chi connectivity index (χ1n) is 21.1. The van der Waals surface area contributed by atoms with E-state index < -0.39 is 0 Å². The van der Waals surface area contributed by atoms with Crippen LogP contribution in [-0.2, 0) is 25.6 Å². The van der Waals surface area contributed by atoms with Crippen LogP contribution in [0.4, 0.5) is 0 Å². The summed E-state index contributed by atoms with van der Waals surface area (Å²) in [5.41, 5.74) is 1.17. The molecule has 7 nitrogen and oxygen atoms in total. The summed E-state index contributed by atoms with van der Waals surface area (Å²) in [6, 6.07) is 6.20. The van der Waals surface area contributed by atoms with E-state index >= 15 is 0 Å². The van der Waals surface area contributed by atoms with Gasteiger partial charge in [0.2, 0.25) is 0 Å². The first kappa shape index (κ1) is 47.2. The van der Waals surface area contributed by atoms with E-state index in [1.165, 1.54) is 56.9 Å². The molecule has 0 radical (unpaired) electrons. The summed E-state index contributed by atoms with van der Waals surface area (Å²) in [5.74, 6) is 1.57. The molecule has 52 heavy (non-hydrogen) atoms. The number of esters is 2. The first-order chi connectivity index (χ1) is 25.4. The van der Waals surface area contributed by atoms with E-state index in [1.54, 1.807) is 0 Å². The Bertz CT molecular complexity index is 978. The molecule has 298 valence electrons. The summed E-state index contributed by atoms with van der Waals surface area (Å²) in [5, 5.41) is 0. The Morgan fingerprint density at radius 3 is 1.31 bits per heavy atom. The zero-order valence-corrected chi connectivity index (χ0v) is 33.9. The molecule has 7 heteroatoms. The van der Waals surface area contributed by atoms with Crippen molar-refractivity contribution in [2.75, 3.05) is 40.5 Å². The lowest BCUT2D eigenvalue weighted by Crippen LogP contribution is -2.11. The number of carbonyl (C=O) groups excluding carboxylic acids is 2. The molecule has 0 aliphatic carbocycles. The van der Waals surface area contributed by atoms with Crippen LogP contribution in [-0.4, -0.2) is 57.4 Å². The van der Waals surface area contributed by atoms with E-state index in [4.69, 9.17) is 18.9 Å². The highest BCUT2D eigenvalue weighted by molar-refractivity contribution is 5.69. The maximum atomic E-state index is 12.0. The maximum Gasteiger partial charge on any atom is 0.305 e. The Morgan fingerprint density at radius 1 is 0.500 bits per heavy atom. The molecule has 0 saturated heterocycles. The highest BCUT2D eigenvalue weighted by Crippen LogP contribution is 2.25. The van der Waals surface area contributed by atoms with Gasteiger partial charge in [-0.3, -0.25) is 9.59 Å². The number of hydrogen-bond donors (Lipinski definition) is 0. The van der Waals surface area contributed by atoms with Gasteiger partial charge in [0, 0.05) is 25.5 Å². The van der Waals surface area contributed by atoms with Crippen molar-refractivity contribution in [3.8, 4) is 11.5 Å². The van der Waals surface area contributed by atoms with Gasteiger partial charge in [0.05, 0.1) is 26.4 Å². The van der Waals surface area contributed by atoms with Crippen LogP contribution in [0.2, 0.25) is 0 Å². The monoisotopic (exact) mass is 728 g/mol. The van der Waals surface area contributed by atoms with E-state index in [-0.39, 0.29) is 11.9 Å². The summed E-state index contributed by atoms with van der Waals surface area (Å²) >= 11 is 0. The minimum atomic E-state index is -0.0576. The standard InChI is InChI=1S/C45H77NO6/c1-5-7-9-11-13-15-17-19-25-31-44(47)51-35-29-23-21-27-33-49-42-37-41(40-46(3)4)38-43(39-42)50-34-28-22-24-30-36-52-45(48)32-26-20-18-16-14-12-10-8-6-2/h9-12,37-39H,5-8,13-36,40H2,1-4H3. The van der Waals surface area contributed by atoms with Crippen molar-refractivity contribution in [2.24, 2.45) is 0 Å². The van der Waals surface area contributed by atoms with Crippen LogP contribution in [0.25, 0.3) is 0 Å². The lowest BCUT2D eigenvalue weighted by molar-refractivity contribution is -0.144. The van der Waals surface area contributed by atoms with E-state index in [0.717, 1.165) is 108 Å². The highest BCUT2D eigenvalue weighted by atomic mass is 16.5. The zero-order valence-electron chi connectivity index (χ0n) is 33.9. The molecular weight excluding hydrogens is 650 g/mol. The molecule has 0 amide bonds. The van der Waals surface area contributed by atoms with Crippen molar-refractivity contribution < 1.29 is 28.5 Å². The second kappa shape index (κ2) is 35.2. The second-order valence-electron chi connectivity index (χ2n) is 14.4. The van der Waals surface area contributed by atoms with Gasteiger partial charge in [0.1, 0.15) is 11.5 Å². The molecule has 0 aliphatic heterocycles. The molecule has 0 spiro atoms. The Kier molecular flexibility index (Phi) is 32.0. The van der Waals surface area contributed by atoms with Crippen LogP contribution >= 0.6 is 0 Å². The Balaban J connectivity index is 2.12. The van der Waals surface area contributed by atoms with Gasteiger partial charge in [-0.25, -0.2) is 0 Å². The van der Waals surface area contributed by atoms with Crippen molar-refractivity contribution in [3.63, 3.8) is 0 Å². The van der Waals surface area contributed by atoms with Gasteiger partial charge in [0.25, 0.3) is 0 Å². The molecule has 0 N–H and O–H groups in total. The van der Waals surface area contributed by atoms with Crippen molar-refractivity contribution in [1.82, 2.24) is 4.90 Å². The quantitative estimate of drug-likeness (QED) is 0.0387. The molecule has 1 aromatic carbocycles. The molecule has 0 heterocycles. The van der Waals surface area contributed by atoms with E-state index in [0.29, 0.717) is 39.3 Å². The molecule has 0 aliphatic rings. The first-order valence-corrected chi connectivity index (χ1v) is 21.1. The molecule has 0 atom stereocenters. The van der Waals surface area contributed by atoms with Crippen LogP contribution < -0.4 is 9.47 Å². The SMILES string of the molecule is CCCC=CCCCCCCC(=O)OCCCCCCOc1cc(CN(C)C)cc(OCCCCCCOC(=O)CCCCCCC=CCCC)c1. The number of ether oxygens (including phenoxy) is 4. The molecule has 0 fully saturated rings. The lowest BCUT2D eigenvalue weighted by Gasteiger charge is -2.15. The number of rotatable bonds is 36. The van der Waals surface area contributed by atoms with Gasteiger partial charge in [-0.05, 0) is 135 Å². The Labute approximate surface area is 319 Å². The minimum Gasteiger partial charge on any atom is -0.493 e. The fourth-order valence-corrected chi connectivity index (χ4v) is 5.84. The number of unbranched alkanes of at least 4 members (excludes halogenated alkanes) is 16. The molecule has 1 aromatic rings. The molecular formula is C45H77NO6. The van der Waals surface area contributed by atoms with Crippen LogP contribution in [0.3, 0.4) is 0 Å². The third-order valence-electron chi connectivity index (χ3n) is 8.83. The van der Waals surface area contributed by atoms with E-state index in [2.05, 4.69) is 69.3 Å². The molecule has 1 rings (SSSR count). The smallest absolute Gasteiger partial charge is 0.305 e. The molecule has 0 saturated carbocycles. The van der Waals surface area contributed by atoms with Crippen molar-refractivity contribution in [1.29, 1.82) is 0 Å². The van der Waals surface area contributed by atoms with Crippen LogP contribution in [0.15, 0.2) is 42.5 Å². The molecule has 0 unspecified atom stereocenters. The zero-order chi connectivity index (χ0) is 37.7. The van der Waals surface area contributed by atoms with Gasteiger partial charge in [-0.15, -0.1) is 0 Å². The second-order valence-corrected chi connectivity index (χ2v) is 14.4. The topological polar surface area (TPSA) is 74.3 Å². The van der Waals surface area contributed by atoms with Gasteiger partial charge in [-0.1, -0.05) is 76.7 Å². The summed E-state index contributed by atoms with van der Waals surface area (Å²) in [7, 11) is 4.13. The maximum absolute atomic E-state index is 12.0. The summed E-state index contributed by atoms with van der Waals surface area (Å²) in [4.78, 5) is 26.2. The predicted octanol–water partition coefficient (Wildman–Crippen LogP) is 12.1. The predicted molar refractivity (Wildman–Crippen MR) is 217 cm³/mol. The Hall–Kier alpha value is -2.80. The average molecular weight is 728 g/mol. The lowest BCUT2D eigenvalue weighted by atomic mass is 10.1. The number of benzene rings is 1. The van der Waals surface area contributed by atoms with Crippen LogP contribution in [0, 0.1) is 0 Å². The van der Waals surface area contributed by atoms with Gasteiger partial charge in [-0.2, -0.15) is 0 Å². The number of allylic oxidation sites excluding steroid dienone is 4. The van der Waals surface area contributed by atoms with Crippen molar-refractivity contribution >= 4 is 11.9 Å². The minimum absolute atomic E-state index is 0.0576. The van der Waals surface area contributed by atoms with E-state index in [1.807, 2.05) is 6.07 Å². The third-order valence-corrected chi connectivity index (χ3v) is 8.83. The van der Waals surface area contributed by atoms with Gasteiger partial charge >= 0.3 is 11.9 Å². The van der Waals surface area contributed by atoms with E-state index in [9.17, 15) is 9.59 Å². The summed E-state index contributed by atoms with van der Waals surface area (Å²) < 4.78 is 23.1.